The van der Waals surface area contributed by atoms with Gasteiger partial charge >= 0.3 is 6.03 Å². The number of amides is 3. The number of anilines is 1. The Morgan fingerprint density at radius 2 is 1.77 bits per heavy atom. The van der Waals surface area contributed by atoms with Crippen molar-refractivity contribution in [2.45, 2.75) is 6.54 Å². The van der Waals surface area contributed by atoms with Crippen molar-refractivity contribution in [1.29, 1.82) is 0 Å². The van der Waals surface area contributed by atoms with Gasteiger partial charge in [0.05, 0.1) is 6.54 Å². The number of halogens is 1. The number of imide groups is 1. The fourth-order valence-electron chi connectivity index (χ4n) is 1.77. The van der Waals surface area contributed by atoms with Gasteiger partial charge in [-0.25, -0.2) is 4.79 Å². The molecule has 0 aliphatic rings. The normalized spacial score (nSPS) is 9.86. The Morgan fingerprint density at radius 3 is 2.50 bits per heavy atom. The Hall–Kier alpha value is -2.53. The summed E-state index contributed by atoms with van der Waals surface area (Å²) in [6, 6.07) is 15.9. The highest BCUT2D eigenvalue weighted by Gasteiger charge is 2.07. The van der Waals surface area contributed by atoms with E-state index in [1.807, 2.05) is 30.3 Å². The van der Waals surface area contributed by atoms with Gasteiger partial charge in [0.25, 0.3) is 0 Å². The van der Waals surface area contributed by atoms with E-state index < -0.39 is 11.9 Å². The maximum atomic E-state index is 11.7. The molecule has 0 saturated carbocycles. The van der Waals surface area contributed by atoms with Gasteiger partial charge in [0, 0.05) is 17.3 Å². The van der Waals surface area contributed by atoms with Gasteiger partial charge in [0.2, 0.25) is 5.91 Å². The summed E-state index contributed by atoms with van der Waals surface area (Å²) in [6.45, 7) is 0.348. The quantitative estimate of drug-likeness (QED) is 0.794. The molecule has 2 rings (SSSR count). The molecular formula is C16H16ClN3O2. The number of urea groups is 1. The minimum absolute atomic E-state index is 0.0148. The molecule has 0 spiro atoms. The predicted molar refractivity (Wildman–Crippen MR) is 86.8 cm³/mol. The monoisotopic (exact) mass is 317 g/mol. The lowest BCUT2D eigenvalue weighted by molar-refractivity contribution is -0.118. The van der Waals surface area contributed by atoms with Gasteiger partial charge in [-0.05, 0) is 23.8 Å². The summed E-state index contributed by atoms with van der Waals surface area (Å²) in [5.74, 6) is -0.425. The molecule has 3 N–H and O–H groups in total. The minimum atomic E-state index is -0.526. The van der Waals surface area contributed by atoms with E-state index in [0.29, 0.717) is 17.3 Å². The average molecular weight is 318 g/mol. The third kappa shape index (κ3) is 5.46. The van der Waals surface area contributed by atoms with Crippen LogP contribution in [0.1, 0.15) is 5.56 Å². The average Bonchev–Trinajstić information content (AvgIpc) is 2.52. The predicted octanol–water partition coefficient (Wildman–Crippen LogP) is 2.78. The van der Waals surface area contributed by atoms with Crippen LogP contribution in [0.2, 0.25) is 5.02 Å². The van der Waals surface area contributed by atoms with Crippen LogP contribution in [0.5, 0.6) is 0 Å². The highest BCUT2D eigenvalue weighted by atomic mass is 35.5. The van der Waals surface area contributed by atoms with Crippen LogP contribution in [0.25, 0.3) is 0 Å². The molecule has 0 bridgehead atoms. The number of benzene rings is 2. The summed E-state index contributed by atoms with van der Waals surface area (Å²) in [6.07, 6.45) is 0. The van der Waals surface area contributed by atoms with E-state index in [4.69, 9.17) is 11.6 Å². The largest absolute Gasteiger partial charge is 0.376 e. The lowest BCUT2D eigenvalue weighted by Gasteiger charge is -2.08. The van der Waals surface area contributed by atoms with Gasteiger partial charge in [-0.1, -0.05) is 48.0 Å². The first-order chi connectivity index (χ1) is 10.6. The summed E-state index contributed by atoms with van der Waals surface area (Å²) in [4.78, 5) is 23.3. The van der Waals surface area contributed by atoms with Gasteiger partial charge in [0.15, 0.2) is 0 Å². The van der Waals surface area contributed by atoms with E-state index in [1.165, 1.54) is 0 Å². The number of rotatable bonds is 5. The molecule has 0 unspecified atom stereocenters. The molecule has 3 amide bonds. The first-order valence-electron chi connectivity index (χ1n) is 6.74. The lowest BCUT2D eigenvalue weighted by atomic mass is 10.2. The fourth-order valence-corrected chi connectivity index (χ4v) is 1.96. The van der Waals surface area contributed by atoms with E-state index in [1.54, 1.807) is 24.3 Å². The summed E-state index contributed by atoms with van der Waals surface area (Å²) < 4.78 is 0. The van der Waals surface area contributed by atoms with Crippen molar-refractivity contribution in [1.82, 2.24) is 10.6 Å². The van der Waals surface area contributed by atoms with Crippen LogP contribution in [-0.4, -0.2) is 18.5 Å². The van der Waals surface area contributed by atoms with Crippen molar-refractivity contribution >= 4 is 29.2 Å². The molecule has 22 heavy (non-hydrogen) atoms. The SMILES string of the molecule is O=C(CNc1cccc(Cl)c1)NC(=O)NCc1ccccc1. The maximum absolute atomic E-state index is 11.7. The van der Waals surface area contributed by atoms with Gasteiger partial charge in [-0.15, -0.1) is 0 Å². The molecule has 0 fully saturated rings. The van der Waals surface area contributed by atoms with E-state index in [0.717, 1.165) is 5.56 Å². The van der Waals surface area contributed by atoms with Crippen LogP contribution >= 0.6 is 11.6 Å². The number of carbonyl (C=O) groups is 2. The Morgan fingerprint density at radius 1 is 1.00 bits per heavy atom. The molecule has 0 radical (unpaired) electrons. The molecule has 2 aromatic carbocycles. The third-order valence-corrected chi connectivity index (χ3v) is 3.06. The molecule has 0 aliphatic carbocycles. The number of hydrogen-bond donors (Lipinski definition) is 3. The molecule has 0 atom stereocenters. The number of nitrogens with one attached hydrogen (secondary N) is 3. The van der Waals surface area contributed by atoms with Crippen LogP contribution in [0.15, 0.2) is 54.6 Å². The summed E-state index contributed by atoms with van der Waals surface area (Å²) in [5.41, 5.74) is 1.68. The third-order valence-electron chi connectivity index (χ3n) is 2.83. The number of hydrogen-bond acceptors (Lipinski definition) is 3. The van der Waals surface area contributed by atoms with Gasteiger partial charge in [0.1, 0.15) is 0 Å². The molecular weight excluding hydrogens is 302 g/mol. The second-order valence-corrected chi connectivity index (χ2v) is 5.02. The van der Waals surface area contributed by atoms with Crippen LogP contribution in [0.3, 0.4) is 0 Å². The van der Waals surface area contributed by atoms with Crippen LogP contribution < -0.4 is 16.0 Å². The molecule has 0 saturated heterocycles. The molecule has 114 valence electrons. The molecule has 0 heterocycles. The van der Waals surface area contributed by atoms with Crippen molar-refractivity contribution in [3.8, 4) is 0 Å². The topological polar surface area (TPSA) is 70.2 Å². The summed E-state index contributed by atoms with van der Waals surface area (Å²) in [7, 11) is 0. The van der Waals surface area contributed by atoms with Gasteiger partial charge in [-0.3, -0.25) is 10.1 Å². The Balaban J connectivity index is 1.71. The zero-order chi connectivity index (χ0) is 15.8. The van der Waals surface area contributed by atoms with E-state index in [-0.39, 0.29) is 6.54 Å². The molecule has 6 heteroatoms. The Kier molecular flexibility index (Phi) is 5.80. The van der Waals surface area contributed by atoms with Crippen molar-refractivity contribution in [3.05, 3.63) is 65.2 Å². The van der Waals surface area contributed by atoms with Gasteiger partial charge < -0.3 is 10.6 Å². The van der Waals surface area contributed by atoms with Crippen LogP contribution in [-0.2, 0) is 11.3 Å². The molecule has 0 aliphatic heterocycles. The highest BCUT2D eigenvalue weighted by Crippen LogP contribution is 2.14. The van der Waals surface area contributed by atoms with Crippen molar-refractivity contribution in [3.63, 3.8) is 0 Å². The Labute approximate surface area is 133 Å². The van der Waals surface area contributed by atoms with Crippen molar-refractivity contribution in [2.75, 3.05) is 11.9 Å². The summed E-state index contributed by atoms with van der Waals surface area (Å²) in [5, 5.41) is 8.33. The zero-order valence-electron chi connectivity index (χ0n) is 11.8. The number of carbonyl (C=O) groups excluding carboxylic acids is 2. The summed E-state index contributed by atoms with van der Waals surface area (Å²) >= 11 is 5.84. The zero-order valence-corrected chi connectivity index (χ0v) is 12.6. The molecule has 2 aromatic rings. The Bertz CT molecular complexity index is 647. The first kappa shape index (κ1) is 15.9. The maximum Gasteiger partial charge on any atom is 0.321 e. The second-order valence-electron chi connectivity index (χ2n) is 4.58. The van der Waals surface area contributed by atoms with Crippen molar-refractivity contribution < 1.29 is 9.59 Å². The van der Waals surface area contributed by atoms with E-state index in [2.05, 4.69) is 16.0 Å². The fraction of sp³-hybridized carbons (Fsp3) is 0.125. The van der Waals surface area contributed by atoms with E-state index >= 15 is 0 Å². The van der Waals surface area contributed by atoms with Crippen LogP contribution in [0.4, 0.5) is 10.5 Å². The van der Waals surface area contributed by atoms with E-state index in [9.17, 15) is 9.59 Å². The second kappa shape index (κ2) is 8.05. The molecule has 5 nitrogen and oxygen atoms in total. The first-order valence-corrected chi connectivity index (χ1v) is 7.12. The van der Waals surface area contributed by atoms with Gasteiger partial charge in [-0.2, -0.15) is 0 Å². The van der Waals surface area contributed by atoms with Crippen LogP contribution in [0, 0.1) is 0 Å². The molecule has 0 aromatic heterocycles. The lowest BCUT2D eigenvalue weighted by Crippen LogP contribution is -2.41. The smallest absolute Gasteiger partial charge is 0.321 e. The van der Waals surface area contributed by atoms with Crippen molar-refractivity contribution in [2.24, 2.45) is 0 Å². The highest BCUT2D eigenvalue weighted by molar-refractivity contribution is 6.30. The standard InChI is InChI=1S/C16H16ClN3O2/c17-13-7-4-8-14(9-13)18-11-15(21)20-16(22)19-10-12-5-2-1-3-6-12/h1-9,18H,10-11H2,(H2,19,20,21,22). The minimum Gasteiger partial charge on any atom is -0.376 e.